The maximum absolute atomic E-state index is 6.21. The molecule has 2 unspecified atom stereocenters. The van der Waals surface area contributed by atoms with Gasteiger partial charge in [0, 0.05) is 25.2 Å². The summed E-state index contributed by atoms with van der Waals surface area (Å²) < 4.78 is 28.1. The number of methoxy groups -OCH3 is 2. The van der Waals surface area contributed by atoms with E-state index in [-0.39, 0.29) is 0 Å². The smallest absolute Gasteiger partial charge is 0.164 e. The first-order valence-electron chi connectivity index (χ1n) is 9.60. The van der Waals surface area contributed by atoms with Crippen molar-refractivity contribution in [2.24, 2.45) is 0 Å². The molecule has 26 heavy (non-hydrogen) atoms. The molecule has 2 fully saturated rings. The molecule has 0 bridgehead atoms. The van der Waals surface area contributed by atoms with Crippen molar-refractivity contribution in [3.63, 3.8) is 0 Å². The minimum atomic E-state index is 0.302. The summed E-state index contributed by atoms with van der Waals surface area (Å²) in [5, 5.41) is 0. The van der Waals surface area contributed by atoms with E-state index in [0.717, 1.165) is 38.5 Å². The Bertz CT molecular complexity index is 547. The molecule has 1 aliphatic heterocycles. The average Bonchev–Trinajstić information content (AvgIpc) is 2.72. The van der Waals surface area contributed by atoms with Crippen LogP contribution in [-0.4, -0.2) is 70.8 Å². The summed E-state index contributed by atoms with van der Waals surface area (Å²) in [5.74, 6) is 2.14. The Hall–Kier alpha value is -1.50. The first kappa shape index (κ1) is 19.3. The van der Waals surface area contributed by atoms with E-state index in [1.807, 2.05) is 18.2 Å². The highest BCUT2D eigenvalue weighted by molar-refractivity contribution is 5.45. The van der Waals surface area contributed by atoms with Gasteiger partial charge in [0.25, 0.3) is 0 Å². The van der Waals surface area contributed by atoms with Crippen LogP contribution in [0.2, 0.25) is 0 Å². The fourth-order valence-corrected chi connectivity index (χ4v) is 3.86. The number of rotatable bonds is 8. The highest BCUT2D eigenvalue weighted by atomic mass is 16.5. The summed E-state index contributed by atoms with van der Waals surface area (Å²) >= 11 is 0. The van der Waals surface area contributed by atoms with Crippen LogP contribution in [-0.2, 0) is 9.47 Å². The number of hydrogen-bond donors (Lipinski definition) is 0. The summed E-state index contributed by atoms with van der Waals surface area (Å²) in [6, 6.07) is 6.10. The maximum atomic E-state index is 6.21. The minimum Gasteiger partial charge on any atom is -0.493 e. The summed E-state index contributed by atoms with van der Waals surface area (Å²) in [6.07, 6.45) is 5.21. The summed E-state index contributed by atoms with van der Waals surface area (Å²) in [5.41, 5.74) is 0. The SMILES string of the molecule is COc1ccc(OCCOC2CCCCC2N2CCOCC2)cc1OC. The van der Waals surface area contributed by atoms with Gasteiger partial charge in [-0.3, -0.25) is 4.90 Å². The molecule has 0 amide bonds. The third-order valence-corrected chi connectivity index (χ3v) is 5.22. The Kier molecular flexibility index (Phi) is 7.41. The highest BCUT2D eigenvalue weighted by Gasteiger charge is 2.31. The molecule has 6 nitrogen and oxygen atoms in total. The van der Waals surface area contributed by atoms with Crippen LogP contribution in [0.3, 0.4) is 0 Å². The zero-order chi connectivity index (χ0) is 18.2. The van der Waals surface area contributed by atoms with Gasteiger partial charge in [0.05, 0.1) is 40.1 Å². The van der Waals surface area contributed by atoms with Gasteiger partial charge in [-0.25, -0.2) is 0 Å². The molecule has 2 aliphatic rings. The van der Waals surface area contributed by atoms with Gasteiger partial charge in [-0.2, -0.15) is 0 Å². The largest absolute Gasteiger partial charge is 0.493 e. The van der Waals surface area contributed by atoms with E-state index in [4.69, 9.17) is 23.7 Å². The lowest BCUT2D eigenvalue weighted by atomic mass is 9.91. The van der Waals surface area contributed by atoms with E-state index >= 15 is 0 Å². The number of ether oxygens (including phenoxy) is 5. The van der Waals surface area contributed by atoms with Crippen molar-refractivity contribution in [1.82, 2.24) is 4.90 Å². The van der Waals surface area contributed by atoms with Crippen molar-refractivity contribution in [2.75, 3.05) is 53.7 Å². The van der Waals surface area contributed by atoms with E-state index in [1.165, 1.54) is 19.3 Å². The lowest BCUT2D eigenvalue weighted by Gasteiger charge is -2.41. The molecule has 6 heteroatoms. The van der Waals surface area contributed by atoms with E-state index in [9.17, 15) is 0 Å². The molecule has 0 radical (unpaired) electrons. The van der Waals surface area contributed by atoms with Gasteiger partial charge in [-0.05, 0) is 25.0 Å². The number of benzene rings is 1. The number of morpholine rings is 1. The normalized spacial score (nSPS) is 24.2. The van der Waals surface area contributed by atoms with E-state index in [1.54, 1.807) is 14.2 Å². The van der Waals surface area contributed by atoms with Crippen LogP contribution in [0.25, 0.3) is 0 Å². The molecule has 3 rings (SSSR count). The lowest BCUT2D eigenvalue weighted by molar-refractivity contribution is -0.0698. The van der Waals surface area contributed by atoms with Crippen LogP contribution in [0, 0.1) is 0 Å². The average molecular weight is 365 g/mol. The zero-order valence-corrected chi connectivity index (χ0v) is 15.9. The molecule has 0 aromatic heterocycles. The molecular weight excluding hydrogens is 334 g/mol. The van der Waals surface area contributed by atoms with Crippen LogP contribution in [0.5, 0.6) is 17.2 Å². The van der Waals surface area contributed by atoms with Gasteiger partial charge in [-0.1, -0.05) is 12.8 Å². The van der Waals surface area contributed by atoms with Gasteiger partial charge < -0.3 is 23.7 Å². The van der Waals surface area contributed by atoms with Crippen molar-refractivity contribution < 1.29 is 23.7 Å². The molecule has 146 valence electrons. The van der Waals surface area contributed by atoms with Crippen molar-refractivity contribution in [3.05, 3.63) is 18.2 Å². The maximum Gasteiger partial charge on any atom is 0.164 e. The molecule has 1 heterocycles. The molecule has 1 aliphatic carbocycles. The summed E-state index contributed by atoms with van der Waals surface area (Å²) in [6.45, 7) is 4.85. The first-order valence-corrected chi connectivity index (χ1v) is 9.60. The van der Waals surface area contributed by atoms with E-state index in [2.05, 4.69) is 4.90 Å². The summed E-state index contributed by atoms with van der Waals surface area (Å²) in [4.78, 5) is 2.54. The summed E-state index contributed by atoms with van der Waals surface area (Å²) in [7, 11) is 3.25. The quantitative estimate of drug-likeness (QED) is 0.660. The van der Waals surface area contributed by atoms with Crippen molar-refractivity contribution in [3.8, 4) is 17.2 Å². The first-order chi connectivity index (χ1) is 12.8. The molecule has 2 atom stereocenters. The molecule has 1 aromatic carbocycles. The van der Waals surface area contributed by atoms with Crippen molar-refractivity contribution >= 4 is 0 Å². The third kappa shape index (κ3) is 5.02. The van der Waals surface area contributed by atoms with Gasteiger partial charge >= 0.3 is 0 Å². The predicted octanol–water partition coefficient (Wildman–Crippen LogP) is 2.74. The van der Waals surface area contributed by atoms with Gasteiger partial charge in [0.1, 0.15) is 12.4 Å². The van der Waals surface area contributed by atoms with Crippen molar-refractivity contribution in [1.29, 1.82) is 0 Å². The molecule has 1 aromatic rings. The Morgan fingerprint density at radius 2 is 1.77 bits per heavy atom. The molecule has 1 saturated carbocycles. The van der Waals surface area contributed by atoms with Crippen LogP contribution >= 0.6 is 0 Å². The standard InChI is InChI=1S/C20H31NO5/c1-22-19-8-7-16(15-20(19)23-2)25-13-14-26-18-6-4-3-5-17(18)21-9-11-24-12-10-21/h7-8,15,17-18H,3-6,9-14H2,1-2H3. The van der Waals surface area contributed by atoms with E-state index < -0.39 is 0 Å². The second-order valence-electron chi connectivity index (χ2n) is 6.77. The molecular formula is C20H31NO5. The van der Waals surface area contributed by atoms with Crippen LogP contribution in [0.4, 0.5) is 0 Å². The van der Waals surface area contributed by atoms with Gasteiger partial charge in [-0.15, -0.1) is 0 Å². The fraction of sp³-hybridized carbons (Fsp3) is 0.700. The second-order valence-corrected chi connectivity index (χ2v) is 6.77. The lowest BCUT2D eigenvalue weighted by Crippen LogP contribution is -2.51. The Morgan fingerprint density at radius 3 is 2.54 bits per heavy atom. The van der Waals surface area contributed by atoms with E-state index in [0.29, 0.717) is 36.9 Å². The molecule has 0 N–H and O–H groups in total. The molecule has 1 saturated heterocycles. The molecule has 0 spiro atoms. The topological polar surface area (TPSA) is 49.4 Å². The van der Waals surface area contributed by atoms with Crippen LogP contribution < -0.4 is 14.2 Å². The van der Waals surface area contributed by atoms with Gasteiger partial charge in [0.2, 0.25) is 0 Å². The predicted molar refractivity (Wildman–Crippen MR) is 99.4 cm³/mol. The Morgan fingerprint density at radius 1 is 1.00 bits per heavy atom. The van der Waals surface area contributed by atoms with Gasteiger partial charge in [0.15, 0.2) is 11.5 Å². The Balaban J connectivity index is 1.46. The van der Waals surface area contributed by atoms with Crippen LogP contribution in [0.1, 0.15) is 25.7 Å². The van der Waals surface area contributed by atoms with Crippen LogP contribution in [0.15, 0.2) is 18.2 Å². The number of hydrogen-bond acceptors (Lipinski definition) is 6. The van der Waals surface area contributed by atoms with Crippen molar-refractivity contribution in [2.45, 2.75) is 37.8 Å². The number of nitrogens with zero attached hydrogens (tertiary/aromatic N) is 1. The Labute approximate surface area is 156 Å². The third-order valence-electron chi connectivity index (χ3n) is 5.22. The second kappa shape index (κ2) is 10.00. The monoisotopic (exact) mass is 365 g/mol. The highest BCUT2D eigenvalue weighted by Crippen LogP contribution is 2.31. The zero-order valence-electron chi connectivity index (χ0n) is 15.9. The minimum absolute atomic E-state index is 0.302. The fourth-order valence-electron chi connectivity index (χ4n) is 3.86.